The minimum absolute atomic E-state index is 0.443. The van der Waals surface area contributed by atoms with Crippen molar-refractivity contribution in [1.29, 1.82) is 0 Å². The van der Waals surface area contributed by atoms with E-state index in [-0.39, 0.29) is 0 Å². The lowest BCUT2D eigenvalue weighted by Gasteiger charge is -2.09. The molecule has 3 rings (SSSR count). The third-order valence-electron chi connectivity index (χ3n) is 3.90. The Morgan fingerprint density at radius 3 is 2.54 bits per heavy atom. The van der Waals surface area contributed by atoms with Crippen LogP contribution in [0.5, 0.6) is 0 Å². The van der Waals surface area contributed by atoms with Crippen LogP contribution in [0.1, 0.15) is 18.1 Å². The molecule has 0 atom stereocenters. The van der Waals surface area contributed by atoms with Crippen molar-refractivity contribution in [3.8, 4) is 11.3 Å². The number of halogens is 3. The first-order valence-electron chi connectivity index (χ1n) is 8.49. The second kappa shape index (κ2) is 8.79. The summed E-state index contributed by atoms with van der Waals surface area (Å²) < 4.78 is 40.9. The van der Waals surface area contributed by atoms with Gasteiger partial charge in [-0.3, -0.25) is 4.99 Å². The first-order valence-corrected chi connectivity index (χ1v) is 10.6. The summed E-state index contributed by atoms with van der Waals surface area (Å²) in [6, 6.07) is 13.1. The van der Waals surface area contributed by atoms with E-state index in [4.69, 9.17) is 0 Å². The predicted molar refractivity (Wildman–Crippen MR) is 110 cm³/mol. The van der Waals surface area contributed by atoms with Crippen LogP contribution in [-0.4, -0.2) is 23.7 Å². The lowest BCUT2D eigenvalue weighted by atomic mass is 10.1. The Balaban J connectivity index is 2.04. The van der Waals surface area contributed by atoms with E-state index in [0.717, 1.165) is 22.6 Å². The molecular formula is C20H18F3N3S2. The molecule has 0 spiro atoms. The number of nitrogens with zero attached hydrogens (tertiary/aromatic N) is 3. The van der Waals surface area contributed by atoms with E-state index in [1.165, 1.54) is 17.4 Å². The minimum Gasteiger partial charge on any atom is -0.258 e. The van der Waals surface area contributed by atoms with E-state index < -0.39 is 11.7 Å². The molecule has 8 heteroatoms. The Morgan fingerprint density at radius 2 is 1.89 bits per heavy atom. The lowest BCUT2D eigenvalue weighted by Crippen LogP contribution is -2.12. The van der Waals surface area contributed by atoms with Gasteiger partial charge in [0.25, 0.3) is 0 Å². The number of aromatic nitrogens is 1. The third-order valence-corrected chi connectivity index (χ3v) is 5.50. The molecule has 1 heterocycles. The van der Waals surface area contributed by atoms with Gasteiger partial charge in [0.2, 0.25) is 4.80 Å². The van der Waals surface area contributed by atoms with Crippen molar-refractivity contribution in [2.45, 2.75) is 18.0 Å². The van der Waals surface area contributed by atoms with Gasteiger partial charge in [-0.2, -0.15) is 18.3 Å². The SMILES string of the molecule is CCN=c1scc(-c2cccc(C(F)(F)F)c2)n1/N=C/c1ccc(SC)cc1. The molecule has 0 fully saturated rings. The van der Waals surface area contributed by atoms with Crippen molar-refractivity contribution in [3.05, 3.63) is 69.8 Å². The number of hydrogen-bond acceptors (Lipinski definition) is 4. The summed E-state index contributed by atoms with van der Waals surface area (Å²) in [7, 11) is 0. The van der Waals surface area contributed by atoms with E-state index in [1.54, 1.807) is 34.1 Å². The molecule has 0 unspecified atom stereocenters. The zero-order valence-corrected chi connectivity index (χ0v) is 16.9. The fourth-order valence-electron chi connectivity index (χ4n) is 2.52. The Morgan fingerprint density at radius 1 is 1.14 bits per heavy atom. The smallest absolute Gasteiger partial charge is 0.258 e. The maximum Gasteiger partial charge on any atom is 0.416 e. The van der Waals surface area contributed by atoms with Crippen LogP contribution in [0.2, 0.25) is 0 Å². The van der Waals surface area contributed by atoms with Crippen molar-refractivity contribution >= 4 is 29.3 Å². The van der Waals surface area contributed by atoms with Gasteiger partial charge >= 0.3 is 6.18 Å². The molecule has 3 nitrogen and oxygen atoms in total. The van der Waals surface area contributed by atoms with Gasteiger partial charge in [0, 0.05) is 22.4 Å². The molecule has 146 valence electrons. The van der Waals surface area contributed by atoms with E-state index in [1.807, 2.05) is 37.4 Å². The second-order valence-electron chi connectivity index (χ2n) is 5.79. The van der Waals surface area contributed by atoms with Crippen LogP contribution < -0.4 is 4.80 Å². The third kappa shape index (κ3) is 4.74. The monoisotopic (exact) mass is 421 g/mol. The highest BCUT2D eigenvalue weighted by atomic mass is 32.2. The molecular weight excluding hydrogens is 403 g/mol. The van der Waals surface area contributed by atoms with E-state index >= 15 is 0 Å². The van der Waals surface area contributed by atoms with Gasteiger partial charge in [0.1, 0.15) is 0 Å². The highest BCUT2D eigenvalue weighted by Gasteiger charge is 2.30. The molecule has 0 bridgehead atoms. The van der Waals surface area contributed by atoms with Crippen molar-refractivity contribution in [2.75, 3.05) is 12.8 Å². The fourth-order valence-corrected chi connectivity index (χ4v) is 3.83. The topological polar surface area (TPSA) is 29.6 Å². The van der Waals surface area contributed by atoms with E-state index in [2.05, 4.69) is 10.1 Å². The zero-order valence-electron chi connectivity index (χ0n) is 15.3. The number of thioether (sulfide) groups is 1. The summed E-state index contributed by atoms with van der Waals surface area (Å²) in [6.45, 7) is 2.46. The summed E-state index contributed by atoms with van der Waals surface area (Å²) in [5, 5.41) is 6.27. The van der Waals surface area contributed by atoms with Crippen LogP contribution in [-0.2, 0) is 6.18 Å². The highest BCUT2D eigenvalue weighted by molar-refractivity contribution is 7.98. The second-order valence-corrected chi connectivity index (χ2v) is 7.50. The van der Waals surface area contributed by atoms with Crippen LogP contribution in [0.25, 0.3) is 11.3 Å². The van der Waals surface area contributed by atoms with Crippen molar-refractivity contribution in [1.82, 2.24) is 4.68 Å². The van der Waals surface area contributed by atoms with Gasteiger partial charge in [-0.05, 0) is 43.0 Å². The normalized spacial score (nSPS) is 12.8. The number of hydrogen-bond donors (Lipinski definition) is 0. The zero-order chi connectivity index (χ0) is 20.1. The first kappa shape index (κ1) is 20.4. The molecule has 1 aromatic heterocycles. The largest absolute Gasteiger partial charge is 0.416 e. The minimum atomic E-state index is -4.39. The van der Waals surface area contributed by atoms with Crippen LogP contribution in [0.4, 0.5) is 13.2 Å². The molecule has 0 aliphatic carbocycles. The highest BCUT2D eigenvalue weighted by Crippen LogP contribution is 2.32. The standard InChI is InChI=1S/C20H18F3N3S2/c1-3-24-19-26(25-12-14-7-9-17(27-2)10-8-14)18(13-28-19)15-5-4-6-16(11-15)20(21,22)23/h4-13H,3H2,1-2H3/b24-19?,25-12+. The van der Waals surface area contributed by atoms with E-state index in [9.17, 15) is 13.2 Å². The van der Waals surface area contributed by atoms with Crippen LogP contribution >= 0.6 is 23.1 Å². The van der Waals surface area contributed by atoms with Gasteiger partial charge in [-0.1, -0.05) is 24.3 Å². The maximum absolute atomic E-state index is 13.1. The Bertz CT molecular complexity index is 1030. The van der Waals surface area contributed by atoms with Crippen LogP contribution in [0.3, 0.4) is 0 Å². The number of rotatable bonds is 5. The molecule has 28 heavy (non-hydrogen) atoms. The summed E-state index contributed by atoms with van der Waals surface area (Å²) >= 11 is 3.00. The summed E-state index contributed by atoms with van der Waals surface area (Å²) in [5.74, 6) is 0. The number of alkyl halides is 3. The quantitative estimate of drug-likeness (QED) is 0.380. The lowest BCUT2D eigenvalue weighted by molar-refractivity contribution is -0.137. The van der Waals surface area contributed by atoms with Gasteiger partial charge in [0.15, 0.2) is 0 Å². The molecule has 3 aromatic rings. The molecule has 0 radical (unpaired) electrons. The summed E-state index contributed by atoms with van der Waals surface area (Å²) in [6.07, 6.45) is -0.706. The predicted octanol–water partition coefficient (Wildman–Crippen LogP) is 5.76. The Kier molecular flexibility index (Phi) is 6.41. The van der Waals surface area contributed by atoms with Gasteiger partial charge in [-0.25, -0.2) is 4.68 Å². The molecule has 0 amide bonds. The Labute approximate surface area is 169 Å². The summed E-state index contributed by atoms with van der Waals surface area (Å²) in [5.41, 5.74) is 1.22. The van der Waals surface area contributed by atoms with E-state index in [0.29, 0.717) is 22.6 Å². The van der Waals surface area contributed by atoms with Gasteiger partial charge < -0.3 is 0 Å². The van der Waals surface area contributed by atoms with Crippen LogP contribution in [0, 0.1) is 0 Å². The molecule has 0 saturated carbocycles. The molecule has 0 aliphatic heterocycles. The number of benzene rings is 2. The molecule has 0 saturated heterocycles. The average molecular weight is 422 g/mol. The fraction of sp³-hybridized carbons (Fsp3) is 0.200. The maximum atomic E-state index is 13.1. The molecule has 2 aromatic carbocycles. The first-order chi connectivity index (χ1) is 13.4. The summed E-state index contributed by atoms with van der Waals surface area (Å²) in [4.78, 5) is 6.18. The molecule has 0 N–H and O–H groups in total. The van der Waals surface area contributed by atoms with Crippen molar-refractivity contribution in [2.24, 2.45) is 10.1 Å². The van der Waals surface area contributed by atoms with Crippen LogP contribution in [0.15, 0.2) is 68.9 Å². The van der Waals surface area contributed by atoms with Crippen molar-refractivity contribution < 1.29 is 13.2 Å². The number of thiazole rings is 1. The van der Waals surface area contributed by atoms with Crippen molar-refractivity contribution in [3.63, 3.8) is 0 Å². The van der Waals surface area contributed by atoms with Gasteiger partial charge in [-0.15, -0.1) is 23.1 Å². The van der Waals surface area contributed by atoms with Gasteiger partial charge in [0.05, 0.1) is 17.5 Å². The molecule has 0 aliphatic rings. The average Bonchev–Trinajstić information content (AvgIpc) is 3.09. The Hall–Kier alpha value is -2.32.